The summed E-state index contributed by atoms with van der Waals surface area (Å²) in [6.07, 6.45) is 1.40. The Morgan fingerprint density at radius 1 is 0.880 bits per heavy atom. The zero-order valence-corrected chi connectivity index (χ0v) is 28.9. The molecule has 246 valence electrons. The van der Waals surface area contributed by atoms with Crippen molar-refractivity contribution < 1.29 is 17.9 Å². The van der Waals surface area contributed by atoms with Gasteiger partial charge >= 0.3 is 0 Å². The van der Waals surface area contributed by atoms with E-state index in [0.717, 1.165) is 26.8 Å². The number of hydrogen-bond acceptors (Lipinski definition) is 5. The first kappa shape index (κ1) is 31.6. The van der Waals surface area contributed by atoms with Crippen molar-refractivity contribution in [2.24, 2.45) is 0 Å². The number of benzene rings is 5. The van der Waals surface area contributed by atoms with Crippen LogP contribution in [0.5, 0.6) is 5.75 Å². The molecule has 0 fully saturated rings. The van der Waals surface area contributed by atoms with E-state index in [2.05, 4.69) is 4.85 Å². The number of thiophene rings is 1. The lowest BCUT2D eigenvalue weighted by atomic mass is 9.65. The fourth-order valence-corrected chi connectivity index (χ4v) is 10.2. The summed E-state index contributed by atoms with van der Waals surface area (Å²) in [4.78, 5) is 22.3. The quantitative estimate of drug-likeness (QED) is 0.164. The first-order valence-corrected chi connectivity index (χ1v) is 18.4. The predicted octanol–water partition coefficient (Wildman–Crippen LogP) is 8.80. The van der Waals surface area contributed by atoms with Crippen molar-refractivity contribution in [2.45, 2.75) is 29.7 Å². The van der Waals surface area contributed by atoms with E-state index in [4.69, 9.17) is 11.3 Å². The fraction of sp³-hybridized carbons (Fsp3) is 0.122. The number of fused-ring (bicyclic) bond motifs is 5. The topological polar surface area (TPSA) is 71.3 Å². The van der Waals surface area contributed by atoms with Crippen LogP contribution in [-0.2, 0) is 26.8 Å². The first-order valence-electron chi connectivity index (χ1n) is 16.1. The van der Waals surface area contributed by atoms with Crippen LogP contribution in [0.2, 0.25) is 0 Å². The Balaban J connectivity index is 1.52. The van der Waals surface area contributed by atoms with Crippen LogP contribution in [0.25, 0.3) is 14.9 Å². The number of amides is 1. The Morgan fingerprint density at radius 3 is 2.26 bits per heavy atom. The van der Waals surface area contributed by atoms with Gasteiger partial charge in [-0.15, -0.1) is 11.3 Å². The molecule has 0 aliphatic carbocycles. The number of rotatable bonds is 6. The summed E-state index contributed by atoms with van der Waals surface area (Å²) in [6.45, 7) is 10.9. The van der Waals surface area contributed by atoms with Gasteiger partial charge in [-0.25, -0.2) is 13.3 Å². The van der Waals surface area contributed by atoms with Crippen molar-refractivity contribution in [3.05, 3.63) is 178 Å². The van der Waals surface area contributed by atoms with Crippen molar-refractivity contribution in [3.63, 3.8) is 0 Å². The Morgan fingerprint density at radius 2 is 1.56 bits per heavy atom. The summed E-state index contributed by atoms with van der Waals surface area (Å²) in [5.41, 5.74) is 2.66. The van der Waals surface area contributed by atoms with E-state index in [1.165, 1.54) is 21.8 Å². The molecule has 0 N–H and O–H groups in total. The average Bonchev–Trinajstić information content (AvgIpc) is 3.57. The van der Waals surface area contributed by atoms with Crippen LogP contribution in [0.15, 0.2) is 144 Å². The number of ether oxygens (including phenoxy) is 1. The molecule has 1 aromatic heterocycles. The Bertz CT molecular complexity index is 2470. The summed E-state index contributed by atoms with van der Waals surface area (Å²) in [5.74, 6) is -0.550. The van der Waals surface area contributed by atoms with E-state index in [0.29, 0.717) is 27.6 Å². The lowest BCUT2D eigenvalue weighted by Crippen LogP contribution is -2.45. The normalized spacial score (nSPS) is 18.4. The molecule has 9 heteroatoms. The summed E-state index contributed by atoms with van der Waals surface area (Å²) >= 11 is 1.45. The van der Waals surface area contributed by atoms with Crippen LogP contribution < -0.4 is 13.9 Å². The Labute approximate surface area is 295 Å². The maximum atomic E-state index is 15.7. The standard InChI is InChI=1S/C41H31N3O4S2/c1-27-18-21-31(22-19-27)50(46,47)44-26-36(42-2)41(37(29-14-8-5-9-15-29)39-38(44)32-16-10-11-17-35(32)49-39)33-24-30(48-3)20-23-34(33)43(40(41)45)25-28-12-6-4-7-13-28/h4-24,26,37H,25H2,1,3H3/t37-,41-/m0/s1. The number of carbonyl (C=O) groups excluding carboxylic acids is 1. The highest BCUT2D eigenvalue weighted by atomic mass is 32.2. The predicted molar refractivity (Wildman–Crippen MR) is 198 cm³/mol. The number of sulfonamides is 1. The lowest BCUT2D eigenvalue weighted by Gasteiger charge is -2.35. The van der Waals surface area contributed by atoms with Crippen molar-refractivity contribution in [2.75, 3.05) is 16.3 Å². The molecular formula is C41H31N3O4S2. The second-order valence-corrected chi connectivity index (χ2v) is 15.4. The Hall–Kier alpha value is -5.69. The molecule has 0 saturated heterocycles. The van der Waals surface area contributed by atoms with Gasteiger partial charge in [-0.2, -0.15) is 0 Å². The van der Waals surface area contributed by atoms with Crippen LogP contribution in [0.1, 0.15) is 33.0 Å². The minimum Gasteiger partial charge on any atom is -0.497 e. The fourth-order valence-electron chi connectivity index (χ4n) is 7.35. The Kier molecular flexibility index (Phi) is 7.59. The van der Waals surface area contributed by atoms with E-state index in [-0.39, 0.29) is 23.0 Å². The van der Waals surface area contributed by atoms with Crippen LogP contribution in [0.3, 0.4) is 0 Å². The summed E-state index contributed by atoms with van der Waals surface area (Å²) in [7, 11) is -2.70. The van der Waals surface area contributed by atoms with Gasteiger partial charge in [0, 0.05) is 32.8 Å². The number of methoxy groups -OCH3 is 1. The molecule has 1 amide bonds. The molecule has 2 atom stereocenters. The largest absolute Gasteiger partial charge is 0.497 e. The number of aryl methyl sites for hydroxylation is 1. The van der Waals surface area contributed by atoms with E-state index in [1.807, 2.05) is 110 Å². The number of nitrogens with zero attached hydrogens (tertiary/aromatic N) is 3. The second kappa shape index (κ2) is 12.0. The van der Waals surface area contributed by atoms with Crippen molar-refractivity contribution in [1.82, 2.24) is 0 Å². The molecule has 1 spiro atoms. The molecule has 0 radical (unpaired) electrons. The molecule has 0 saturated carbocycles. The summed E-state index contributed by atoms with van der Waals surface area (Å²) in [6, 6.07) is 39.3. The van der Waals surface area contributed by atoms with Crippen LogP contribution in [0.4, 0.5) is 11.4 Å². The minimum atomic E-state index is -4.27. The molecule has 8 rings (SSSR count). The summed E-state index contributed by atoms with van der Waals surface area (Å²) < 4.78 is 37.6. The maximum absolute atomic E-state index is 15.7. The molecule has 50 heavy (non-hydrogen) atoms. The molecule has 5 aromatic carbocycles. The average molecular weight is 694 g/mol. The molecule has 7 nitrogen and oxygen atoms in total. The smallest absolute Gasteiger partial charge is 0.267 e. The third-order valence-electron chi connectivity index (χ3n) is 9.67. The summed E-state index contributed by atoms with van der Waals surface area (Å²) in [5, 5.41) is 0.721. The minimum absolute atomic E-state index is 0.00425. The molecule has 0 unspecified atom stereocenters. The highest BCUT2D eigenvalue weighted by molar-refractivity contribution is 7.93. The van der Waals surface area contributed by atoms with E-state index < -0.39 is 21.4 Å². The van der Waals surface area contributed by atoms with E-state index in [1.54, 1.807) is 36.3 Å². The van der Waals surface area contributed by atoms with Gasteiger partial charge in [0.15, 0.2) is 0 Å². The van der Waals surface area contributed by atoms with Gasteiger partial charge in [-0.05, 0) is 60.0 Å². The first-order chi connectivity index (χ1) is 24.3. The van der Waals surface area contributed by atoms with Gasteiger partial charge in [-0.3, -0.25) is 9.10 Å². The van der Waals surface area contributed by atoms with Gasteiger partial charge in [0.05, 0.1) is 30.8 Å². The number of carbonyl (C=O) groups is 1. The van der Waals surface area contributed by atoms with Gasteiger partial charge in [-0.1, -0.05) is 96.6 Å². The van der Waals surface area contributed by atoms with Gasteiger partial charge in [0.2, 0.25) is 11.6 Å². The molecule has 3 heterocycles. The van der Waals surface area contributed by atoms with Gasteiger partial charge in [0.25, 0.3) is 10.0 Å². The zero-order valence-electron chi connectivity index (χ0n) is 27.3. The molecular weight excluding hydrogens is 663 g/mol. The third-order valence-corrected chi connectivity index (χ3v) is 12.6. The van der Waals surface area contributed by atoms with Gasteiger partial charge in [0.1, 0.15) is 11.2 Å². The number of hydrogen-bond donors (Lipinski definition) is 0. The van der Waals surface area contributed by atoms with Crippen LogP contribution >= 0.6 is 11.3 Å². The monoisotopic (exact) mass is 693 g/mol. The lowest BCUT2D eigenvalue weighted by molar-refractivity contribution is -0.122. The third kappa shape index (κ3) is 4.67. The number of anilines is 2. The second-order valence-electron chi connectivity index (χ2n) is 12.5. The molecule has 2 aliphatic rings. The van der Waals surface area contributed by atoms with Crippen LogP contribution in [0, 0.1) is 13.5 Å². The maximum Gasteiger partial charge on any atom is 0.267 e. The van der Waals surface area contributed by atoms with E-state index in [9.17, 15) is 8.42 Å². The van der Waals surface area contributed by atoms with Gasteiger partial charge < -0.3 is 9.64 Å². The highest BCUT2D eigenvalue weighted by Gasteiger charge is 2.62. The van der Waals surface area contributed by atoms with Crippen molar-refractivity contribution >= 4 is 48.7 Å². The van der Waals surface area contributed by atoms with Crippen molar-refractivity contribution in [3.8, 4) is 5.75 Å². The highest BCUT2D eigenvalue weighted by Crippen LogP contribution is 2.62. The zero-order chi connectivity index (χ0) is 34.6. The van der Waals surface area contributed by atoms with E-state index >= 15 is 4.79 Å². The molecule has 0 bridgehead atoms. The molecule has 2 aliphatic heterocycles. The molecule has 6 aromatic rings. The SMILES string of the molecule is [C-]#[N+]C1=CN(S(=O)(=O)c2ccc(C)cc2)c2c(sc3ccccc23)[C@H](c2ccccc2)[C@@]12C(=O)N(Cc1ccccc1)c1ccc(OC)cc12. The van der Waals surface area contributed by atoms with Crippen molar-refractivity contribution in [1.29, 1.82) is 0 Å². The van der Waals surface area contributed by atoms with Crippen LogP contribution in [-0.4, -0.2) is 21.4 Å².